The van der Waals surface area contributed by atoms with Crippen LogP contribution < -0.4 is 30.1 Å². The van der Waals surface area contributed by atoms with Crippen LogP contribution in [0.3, 0.4) is 0 Å². The van der Waals surface area contributed by atoms with Crippen molar-refractivity contribution < 1.29 is 30.1 Å². The lowest BCUT2D eigenvalue weighted by molar-refractivity contribution is -0.452. The summed E-state index contributed by atoms with van der Waals surface area (Å²) in [5.74, 6) is 0. The molecule has 1 rings (SSSR count). The molecule has 0 fully saturated rings. The third-order valence-corrected chi connectivity index (χ3v) is 0.993. The Morgan fingerprint density at radius 2 is 1.89 bits per heavy atom. The van der Waals surface area contributed by atoms with Gasteiger partial charge >= 0.3 is 5.29 Å². The first-order valence-corrected chi connectivity index (χ1v) is 2.49. The van der Waals surface area contributed by atoms with E-state index in [0.717, 1.165) is 0 Å². The molecule has 0 radical (unpaired) electrons. The predicted molar refractivity (Wildman–Crippen MR) is 29.1 cm³/mol. The number of amidine groups is 1. The van der Waals surface area contributed by atoms with Gasteiger partial charge in [0.2, 0.25) is 0 Å². The van der Waals surface area contributed by atoms with E-state index in [1.54, 1.807) is 11.5 Å². The molecule has 0 atom stereocenters. The second-order valence-electron chi connectivity index (χ2n) is 1.09. The lowest BCUT2D eigenvalue weighted by Gasteiger charge is -1.71. The zero-order valence-electron chi connectivity index (χ0n) is 4.11. The summed E-state index contributed by atoms with van der Waals surface area (Å²) in [6.45, 7) is 0. The van der Waals surface area contributed by atoms with Gasteiger partial charge in [0.1, 0.15) is 6.20 Å². The van der Waals surface area contributed by atoms with Crippen molar-refractivity contribution in [3.05, 3.63) is 11.4 Å². The number of hydrogen-bond donors (Lipinski definition) is 1. The summed E-state index contributed by atoms with van der Waals surface area (Å²) in [6, 6.07) is 0. The molecule has 9 heavy (non-hydrogen) atoms. The van der Waals surface area contributed by atoms with Crippen LogP contribution in [0.5, 0.6) is 0 Å². The fourth-order valence-electron chi connectivity index (χ4n) is 0.314. The average Bonchev–Trinajstić information content (AvgIpc) is 1.87. The number of nitrogens with two attached hydrogens (primary N) is 1. The normalized spacial score (nSPS) is 14.9. The van der Waals surface area contributed by atoms with Crippen molar-refractivity contribution in [2.75, 3.05) is 0 Å². The molecule has 0 unspecified atom stereocenters. The molecule has 2 N–H and O–H groups in total. The molecule has 1 aliphatic heterocycles. The molecule has 0 aromatic heterocycles. The van der Waals surface area contributed by atoms with Crippen molar-refractivity contribution in [2.24, 2.45) is 4.99 Å². The third-order valence-electron chi connectivity index (χ3n) is 0.572. The number of rotatable bonds is 0. The first-order valence-electron chi connectivity index (χ1n) is 1.74. The van der Waals surface area contributed by atoms with Crippen LogP contribution in [-0.2, 0) is 0 Å². The van der Waals surface area contributed by atoms with Gasteiger partial charge in [-0.15, -0.1) is 0 Å². The van der Waals surface area contributed by atoms with Crippen molar-refractivity contribution in [1.82, 2.24) is 0 Å². The van der Waals surface area contributed by atoms with Crippen molar-refractivity contribution in [3.63, 3.8) is 0 Å². The highest BCUT2D eigenvalue weighted by Crippen LogP contribution is 2.02. The lowest BCUT2D eigenvalue weighted by atomic mass is 10.9. The van der Waals surface area contributed by atoms with Gasteiger partial charge in [-0.1, -0.05) is 11.6 Å². The Morgan fingerprint density at radius 1 is 1.33 bits per heavy atom. The Balaban J connectivity index is 0. The largest absolute Gasteiger partial charge is 1.00 e. The van der Waals surface area contributed by atoms with Crippen LogP contribution in [0.2, 0.25) is 0 Å². The van der Waals surface area contributed by atoms with Crippen molar-refractivity contribution >= 4 is 28.5 Å². The Kier molecular flexibility index (Phi) is 7.24. The van der Waals surface area contributed by atoms with Gasteiger partial charge in [0.25, 0.3) is 0 Å². The van der Waals surface area contributed by atoms with Crippen molar-refractivity contribution in [3.8, 4) is 0 Å². The Labute approximate surface area is 75.1 Å². The molecular weight excluding hydrogens is 206 g/mol. The van der Waals surface area contributed by atoms with E-state index in [-0.39, 0.29) is 24.8 Å². The summed E-state index contributed by atoms with van der Waals surface area (Å²) < 4.78 is 0. The quantitative estimate of drug-likeness (QED) is 0.385. The smallest absolute Gasteiger partial charge is 0.302 e. The van der Waals surface area contributed by atoms with Gasteiger partial charge in [0.15, 0.2) is 5.16 Å². The van der Waals surface area contributed by atoms with Gasteiger partial charge in [0.05, 0.1) is 0 Å². The second kappa shape index (κ2) is 5.33. The highest BCUT2D eigenvalue weighted by Gasteiger charge is 2.05. The van der Waals surface area contributed by atoms with Crippen LogP contribution in [0.25, 0.3) is 0 Å². The number of nitrogens with zero attached hydrogens (tertiary/aromatic N) is 1. The minimum atomic E-state index is 0. The lowest BCUT2D eigenvalue weighted by Crippen LogP contribution is -3.00. The van der Waals surface area contributed by atoms with Crippen LogP contribution in [0.1, 0.15) is 0 Å². The summed E-state index contributed by atoms with van der Waals surface area (Å²) in [6.07, 6.45) is 1.64. The summed E-state index contributed by atoms with van der Waals surface area (Å²) in [5, 5.41) is 2.54. The Hall–Kier alpha value is 0.530. The minimum Gasteiger partial charge on any atom is -1.00 e. The SMILES string of the molecule is ClC1=C[NH2+]C(Cl)=N1.[Cl-].[Cl-]. The predicted octanol–water partition coefficient (Wildman–Crippen LogP) is -5.80. The van der Waals surface area contributed by atoms with Crippen LogP contribution in [0.15, 0.2) is 16.3 Å². The summed E-state index contributed by atoms with van der Waals surface area (Å²) >= 11 is 10.7. The van der Waals surface area contributed by atoms with E-state index in [4.69, 9.17) is 23.2 Å². The van der Waals surface area contributed by atoms with E-state index in [1.165, 1.54) is 0 Å². The Bertz CT molecular complexity index is 141. The highest BCUT2D eigenvalue weighted by molar-refractivity contribution is 6.62. The van der Waals surface area contributed by atoms with Gasteiger partial charge in [-0.05, 0) is 0 Å². The summed E-state index contributed by atoms with van der Waals surface area (Å²) in [4.78, 5) is 3.64. The molecule has 1 heterocycles. The van der Waals surface area contributed by atoms with Gasteiger partial charge in [0, 0.05) is 11.6 Å². The van der Waals surface area contributed by atoms with Gasteiger partial charge in [-0.2, -0.15) is 4.99 Å². The average molecular weight is 209 g/mol. The molecule has 0 aromatic rings. The molecule has 0 aromatic carbocycles. The van der Waals surface area contributed by atoms with Crippen molar-refractivity contribution in [1.29, 1.82) is 0 Å². The van der Waals surface area contributed by atoms with Crippen LogP contribution in [0.4, 0.5) is 0 Å². The van der Waals surface area contributed by atoms with Crippen LogP contribution in [-0.4, -0.2) is 5.29 Å². The molecule has 0 amide bonds. The monoisotopic (exact) mass is 207 g/mol. The molecule has 6 heteroatoms. The van der Waals surface area contributed by atoms with Gasteiger partial charge < -0.3 is 24.8 Å². The fourth-order valence-corrected chi connectivity index (χ4v) is 0.665. The molecule has 2 nitrogen and oxygen atoms in total. The summed E-state index contributed by atoms with van der Waals surface area (Å²) in [5.41, 5.74) is 0. The van der Waals surface area contributed by atoms with Crippen LogP contribution in [0, 0.1) is 0 Å². The maximum absolute atomic E-state index is 5.36. The molecular formula is C3H3Cl4N2-. The van der Waals surface area contributed by atoms with Crippen molar-refractivity contribution in [2.45, 2.75) is 0 Å². The Morgan fingerprint density at radius 3 is 2.00 bits per heavy atom. The standard InChI is InChI=1S/C3H2Cl2N2.2ClH/c4-2-1-6-3(5)7-2;;/h1H,(H,6,7);2*1H/p-1. The minimum absolute atomic E-state index is 0. The van der Waals surface area contributed by atoms with E-state index < -0.39 is 0 Å². The molecule has 54 valence electrons. The molecule has 0 aliphatic carbocycles. The number of aliphatic imine (C=N–C) groups is 1. The molecule has 1 aliphatic rings. The van der Waals surface area contributed by atoms with Gasteiger partial charge in [-0.3, -0.25) is 5.32 Å². The second-order valence-corrected chi connectivity index (χ2v) is 1.87. The first kappa shape index (κ1) is 12.2. The van der Waals surface area contributed by atoms with E-state index in [0.29, 0.717) is 10.5 Å². The van der Waals surface area contributed by atoms with Gasteiger partial charge in [-0.25, -0.2) is 0 Å². The molecule has 0 saturated heterocycles. The fraction of sp³-hybridized carbons (Fsp3) is 0. The zero-order valence-corrected chi connectivity index (χ0v) is 7.14. The molecule has 0 bridgehead atoms. The zero-order chi connectivity index (χ0) is 5.28. The number of halogens is 4. The van der Waals surface area contributed by atoms with E-state index in [1.807, 2.05) is 0 Å². The summed E-state index contributed by atoms with van der Waals surface area (Å²) in [7, 11) is 0. The van der Waals surface area contributed by atoms with E-state index >= 15 is 0 Å². The molecule has 0 saturated carbocycles. The topological polar surface area (TPSA) is 29.0 Å². The molecule has 0 spiro atoms. The number of hydrogen-bond acceptors (Lipinski definition) is 1. The number of quaternary nitrogens is 1. The maximum atomic E-state index is 5.36. The highest BCUT2D eigenvalue weighted by atomic mass is 35.5. The van der Waals surface area contributed by atoms with Crippen LogP contribution >= 0.6 is 23.2 Å². The third kappa shape index (κ3) is 4.00. The maximum Gasteiger partial charge on any atom is 0.302 e. The van der Waals surface area contributed by atoms with E-state index in [2.05, 4.69) is 4.99 Å². The first-order chi connectivity index (χ1) is 3.29. The van der Waals surface area contributed by atoms with E-state index in [9.17, 15) is 0 Å².